The quantitative estimate of drug-likeness (QED) is 0.772. The van der Waals surface area contributed by atoms with Gasteiger partial charge in [-0.1, -0.05) is 23.2 Å². The number of hydrogen-bond acceptors (Lipinski definition) is 3. The zero-order chi connectivity index (χ0) is 21.1. The number of aryl methyl sites for hydroxylation is 2. The molecule has 0 spiro atoms. The van der Waals surface area contributed by atoms with Crippen molar-refractivity contribution in [3.63, 3.8) is 0 Å². The van der Waals surface area contributed by atoms with Crippen LogP contribution >= 0.6 is 11.6 Å². The number of fused-ring (bicyclic) bond motifs is 2. The highest BCUT2D eigenvalue weighted by atomic mass is 35.5. The first-order valence-corrected chi connectivity index (χ1v) is 7.65. The van der Waals surface area contributed by atoms with E-state index in [0.717, 1.165) is 0 Å². The molecule has 0 radical (unpaired) electrons. The maximum Gasteiger partial charge on any atom is 0.134 e. The summed E-state index contributed by atoms with van der Waals surface area (Å²) in [5.74, 6) is -0.111. The maximum atomic E-state index is 9.93. The van der Waals surface area contributed by atoms with Crippen LogP contribution in [0.5, 0.6) is 5.75 Å². The Labute approximate surface area is 149 Å². The number of nitrogens with zero attached hydrogens (tertiary/aromatic N) is 1. The Balaban J connectivity index is 2.13. The lowest BCUT2D eigenvalue weighted by atomic mass is 9.89. The first kappa shape index (κ1) is 9.45. The molecule has 4 unspecified atom stereocenters. The summed E-state index contributed by atoms with van der Waals surface area (Å²) in [6.07, 6.45) is -2.94. The normalized spacial score (nSPS) is 36.2. The van der Waals surface area contributed by atoms with Gasteiger partial charge in [-0.05, 0) is 73.5 Å². The Morgan fingerprint density at radius 2 is 2.00 bits per heavy atom. The molecule has 0 amide bonds. The van der Waals surface area contributed by atoms with Crippen molar-refractivity contribution < 1.29 is 13.3 Å². The fourth-order valence-corrected chi connectivity index (χ4v) is 3.07. The number of nitrogens with one attached hydrogen (secondary N) is 1. The molecule has 1 saturated heterocycles. The molecule has 0 saturated carbocycles. The summed E-state index contributed by atoms with van der Waals surface area (Å²) >= 11 is 6.15. The van der Waals surface area contributed by atoms with Crippen LogP contribution in [0, 0.1) is 0 Å². The average molecular weight is 333 g/mol. The van der Waals surface area contributed by atoms with E-state index in [0.29, 0.717) is 33.0 Å². The van der Waals surface area contributed by atoms with Crippen molar-refractivity contribution in [2.24, 2.45) is 0 Å². The first-order valence-electron chi connectivity index (χ1n) is 10.6. The predicted octanol–water partition coefficient (Wildman–Crippen LogP) is 3.72. The number of halogens is 1. The molecule has 3 nitrogen and oxygen atoms in total. The molecule has 2 N–H and O–H groups in total. The molecule has 1 aromatic heterocycles. The van der Waals surface area contributed by atoms with Gasteiger partial charge in [0, 0.05) is 18.8 Å². The highest BCUT2D eigenvalue weighted by Gasteiger charge is 2.23. The Bertz CT molecular complexity index is 998. The van der Waals surface area contributed by atoms with Crippen LogP contribution in [0.2, 0.25) is 5.02 Å². The maximum absolute atomic E-state index is 9.93. The van der Waals surface area contributed by atoms with Crippen LogP contribution in [0.15, 0.2) is 36.0 Å². The Kier molecular flexibility index (Phi) is 2.46. The van der Waals surface area contributed by atoms with Crippen molar-refractivity contribution in [1.29, 1.82) is 0 Å². The van der Waals surface area contributed by atoms with Crippen LogP contribution in [0.4, 0.5) is 0 Å². The van der Waals surface area contributed by atoms with Gasteiger partial charge in [-0.15, -0.1) is 0 Å². The molecule has 1 aliphatic carbocycles. The van der Waals surface area contributed by atoms with E-state index < -0.39 is 32.2 Å². The topological polar surface area (TPSA) is 45.1 Å². The molecule has 1 fully saturated rings. The van der Waals surface area contributed by atoms with Crippen LogP contribution < -0.4 is 5.32 Å². The second-order valence-corrected chi connectivity index (χ2v) is 5.84. The SMILES string of the molecule is [2H]C1NC([2H])C([2H])C(=C2c3ccc(Cl)cc3C([2H])([2H])Cc3cc(O)cnc32)C1[2H]. The van der Waals surface area contributed by atoms with Crippen LogP contribution in [0.25, 0.3) is 5.57 Å². The summed E-state index contributed by atoms with van der Waals surface area (Å²) in [5.41, 5.74) is 2.16. The number of hydrogen-bond donors (Lipinski definition) is 2. The van der Waals surface area contributed by atoms with E-state index in [1.54, 1.807) is 12.1 Å². The van der Waals surface area contributed by atoms with E-state index in [4.69, 9.17) is 19.8 Å². The Morgan fingerprint density at radius 3 is 2.83 bits per heavy atom. The second-order valence-electron chi connectivity index (χ2n) is 5.41. The number of aromatic hydroxyl groups is 1. The fourth-order valence-electron chi connectivity index (χ4n) is 2.90. The Hall–Kier alpha value is -1.84. The second kappa shape index (κ2) is 5.99. The molecule has 4 atom stereocenters. The van der Waals surface area contributed by atoms with Gasteiger partial charge in [-0.25, -0.2) is 0 Å². The summed E-state index contributed by atoms with van der Waals surface area (Å²) < 4.78 is 50.5. The third-order valence-corrected chi connectivity index (χ3v) is 4.15. The lowest BCUT2D eigenvalue weighted by Crippen LogP contribution is -2.24. The van der Waals surface area contributed by atoms with Gasteiger partial charge in [0.1, 0.15) is 5.75 Å². The standard InChI is InChI=1S/C19H19ClN2O/c20-15-3-4-17-13(9-15)1-2-14-10-16(23)11-22-19(14)18(17)12-5-7-21-8-6-12/h3-4,9-11,21,23H,1-2,5-8H2/i1D2,5D,6D,7D,8D. The molecular weight excluding hydrogens is 308 g/mol. The van der Waals surface area contributed by atoms with Crippen molar-refractivity contribution in [2.45, 2.75) is 25.6 Å². The third-order valence-electron chi connectivity index (χ3n) is 3.92. The minimum atomic E-state index is -1.84. The molecule has 1 aromatic carbocycles. The monoisotopic (exact) mass is 332 g/mol. The van der Waals surface area contributed by atoms with E-state index in [1.807, 2.05) is 0 Å². The van der Waals surface area contributed by atoms with Gasteiger partial charge in [0.05, 0.1) is 11.9 Å². The van der Waals surface area contributed by atoms with E-state index in [2.05, 4.69) is 10.3 Å². The molecule has 2 aliphatic rings. The summed E-state index contributed by atoms with van der Waals surface area (Å²) in [6.45, 7) is -2.20. The van der Waals surface area contributed by atoms with Crippen LogP contribution in [0.1, 0.15) is 43.4 Å². The van der Waals surface area contributed by atoms with E-state index in [-0.39, 0.29) is 17.7 Å². The first-order chi connectivity index (χ1) is 13.6. The van der Waals surface area contributed by atoms with E-state index in [1.165, 1.54) is 18.3 Å². The molecule has 1 aliphatic heterocycles. The lowest BCUT2D eigenvalue weighted by molar-refractivity contribution is 0.471. The van der Waals surface area contributed by atoms with Gasteiger partial charge in [0.15, 0.2) is 0 Å². The van der Waals surface area contributed by atoms with Crippen molar-refractivity contribution >= 4 is 17.2 Å². The van der Waals surface area contributed by atoms with Gasteiger partial charge in [-0.3, -0.25) is 4.98 Å². The lowest BCUT2D eigenvalue weighted by Gasteiger charge is -2.21. The highest BCUT2D eigenvalue weighted by Crippen LogP contribution is 2.38. The molecular formula is C19H19ClN2O. The van der Waals surface area contributed by atoms with Crippen molar-refractivity contribution in [3.8, 4) is 5.75 Å². The number of piperidine rings is 1. The molecule has 0 bridgehead atoms. The summed E-state index contributed by atoms with van der Waals surface area (Å²) in [7, 11) is 0. The van der Waals surface area contributed by atoms with Gasteiger partial charge in [0.2, 0.25) is 0 Å². The van der Waals surface area contributed by atoms with Crippen molar-refractivity contribution in [1.82, 2.24) is 10.3 Å². The minimum absolute atomic E-state index is 0.0773. The largest absolute Gasteiger partial charge is 0.506 e. The molecule has 2 aromatic rings. The van der Waals surface area contributed by atoms with Gasteiger partial charge in [0.25, 0.3) is 0 Å². The number of aromatic nitrogens is 1. The van der Waals surface area contributed by atoms with Gasteiger partial charge in [-0.2, -0.15) is 0 Å². The van der Waals surface area contributed by atoms with Crippen molar-refractivity contribution in [3.05, 3.63) is 63.4 Å². The van der Waals surface area contributed by atoms with Gasteiger partial charge < -0.3 is 10.4 Å². The Morgan fingerprint density at radius 1 is 1.17 bits per heavy atom. The van der Waals surface area contributed by atoms with Crippen LogP contribution in [0.3, 0.4) is 0 Å². The predicted molar refractivity (Wildman–Crippen MR) is 92.9 cm³/mol. The van der Waals surface area contributed by atoms with Gasteiger partial charge >= 0.3 is 0 Å². The number of pyridine rings is 1. The van der Waals surface area contributed by atoms with E-state index >= 15 is 0 Å². The van der Waals surface area contributed by atoms with E-state index in [9.17, 15) is 5.11 Å². The van der Waals surface area contributed by atoms with Crippen molar-refractivity contribution in [2.75, 3.05) is 13.0 Å². The molecule has 118 valence electrons. The molecule has 4 heteroatoms. The molecule has 4 rings (SSSR count). The molecule has 2 heterocycles. The number of benzene rings is 1. The third kappa shape index (κ3) is 2.75. The average Bonchev–Trinajstić information content (AvgIpc) is 2.73. The summed E-state index contributed by atoms with van der Waals surface area (Å²) in [5, 5.41) is 12.9. The minimum Gasteiger partial charge on any atom is -0.506 e. The zero-order valence-electron chi connectivity index (χ0n) is 18.2. The summed E-state index contributed by atoms with van der Waals surface area (Å²) in [6, 6.07) is 6.21. The fraction of sp³-hybridized carbons (Fsp3) is 0.316. The smallest absolute Gasteiger partial charge is 0.134 e. The highest BCUT2D eigenvalue weighted by molar-refractivity contribution is 6.30. The zero-order valence-corrected chi connectivity index (χ0v) is 12.9. The van der Waals surface area contributed by atoms with Crippen LogP contribution in [-0.2, 0) is 12.8 Å². The number of rotatable bonds is 0. The molecule has 23 heavy (non-hydrogen) atoms. The van der Waals surface area contributed by atoms with Crippen LogP contribution in [-0.4, -0.2) is 23.1 Å². The summed E-state index contributed by atoms with van der Waals surface area (Å²) in [4.78, 5) is 4.32.